The third-order valence-electron chi connectivity index (χ3n) is 2.24. The minimum atomic E-state index is 0.713. The van der Waals surface area contributed by atoms with Crippen molar-refractivity contribution in [3.8, 4) is 0 Å². The molecule has 0 saturated carbocycles. The van der Waals surface area contributed by atoms with Gasteiger partial charge in [0.2, 0.25) is 0 Å². The first-order valence-corrected chi connectivity index (χ1v) is 3.75. The summed E-state index contributed by atoms with van der Waals surface area (Å²) < 4.78 is 0. The van der Waals surface area contributed by atoms with Gasteiger partial charge in [-0.3, -0.25) is 4.99 Å². The molecule has 0 aromatic heterocycles. The van der Waals surface area contributed by atoms with Crippen LogP contribution in [0.1, 0.15) is 13.3 Å². The van der Waals surface area contributed by atoms with E-state index in [1.54, 1.807) is 0 Å². The molecule has 0 aromatic carbocycles. The Kier molecular flexibility index (Phi) is 1.23. The summed E-state index contributed by atoms with van der Waals surface area (Å²) in [6, 6.07) is 0. The Bertz CT molecular complexity index is 233. The van der Waals surface area contributed by atoms with Crippen molar-refractivity contribution in [1.29, 1.82) is 0 Å². The molecule has 2 aliphatic rings. The van der Waals surface area contributed by atoms with Crippen molar-refractivity contribution >= 4 is 6.21 Å². The van der Waals surface area contributed by atoms with Crippen LogP contribution < -0.4 is 0 Å². The van der Waals surface area contributed by atoms with Crippen LogP contribution >= 0.6 is 0 Å². The summed E-state index contributed by atoms with van der Waals surface area (Å²) in [6.45, 7) is 3.17. The van der Waals surface area contributed by atoms with Gasteiger partial charge in [-0.1, -0.05) is 12.2 Å². The second-order valence-electron chi connectivity index (χ2n) is 2.97. The Morgan fingerprint density at radius 2 is 2.50 bits per heavy atom. The molecule has 0 radical (unpaired) electrons. The molecule has 0 spiro atoms. The molecule has 1 heteroatoms. The smallest absolute Gasteiger partial charge is 0.0461 e. The van der Waals surface area contributed by atoms with Crippen LogP contribution in [0.5, 0.6) is 0 Å². The highest BCUT2D eigenvalue weighted by Crippen LogP contribution is 2.27. The van der Waals surface area contributed by atoms with Gasteiger partial charge in [0.25, 0.3) is 0 Å². The van der Waals surface area contributed by atoms with E-state index in [0.29, 0.717) is 5.92 Å². The van der Waals surface area contributed by atoms with E-state index in [1.165, 1.54) is 17.6 Å². The van der Waals surface area contributed by atoms with Gasteiger partial charge in [0, 0.05) is 18.7 Å². The van der Waals surface area contributed by atoms with Crippen LogP contribution in [-0.2, 0) is 0 Å². The maximum Gasteiger partial charge on any atom is 0.0461 e. The van der Waals surface area contributed by atoms with Gasteiger partial charge in [0.15, 0.2) is 0 Å². The van der Waals surface area contributed by atoms with Crippen LogP contribution in [0.2, 0.25) is 0 Å². The second kappa shape index (κ2) is 2.08. The predicted octanol–water partition coefficient (Wildman–Crippen LogP) is 1.96. The third kappa shape index (κ3) is 0.737. The second-order valence-corrected chi connectivity index (χ2v) is 2.97. The van der Waals surface area contributed by atoms with Crippen molar-refractivity contribution < 1.29 is 0 Å². The quantitative estimate of drug-likeness (QED) is 0.479. The molecule has 0 bridgehead atoms. The van der Waals surface area contributed by atoms with E-state index in [4.69, 9.17) is 0 Å². The Balaban J connectivity index is 2.41. The van der Waals surface area contributed by atoms with Crippen LogP contribution in [0.3, 0.4) is 0 Å². The van der Waals surface area contributed by atoms with Gasteiger partial charge in [-0.25, -0.2) is 0 Å². The van der Waals surface area contributed by atoms with Gasteiger partial charge in [-0.15, -0.1) is 0 Å². The lowest BCUT2D eigenvalue weighted by molar-refractivity contribution is 0.673. The van der Waals surface area contributed by atoms with Crippen molar-refractivity contribution in [2.24, 2.45) is 10.9 Å². The fraction of sp³-hybridized carbons (Fsp3) is 0.444. The highest BCUT2D eigenvalue weighted by Gasteiger charge is 2.19. The summed E-state index contributed by atoms with van der Waals surface area (Å²) in [6.07, 6.45) is 7.66. The molecule has 0 N–H and O–H groups in total. The lowest BCUT2D eigenvalue weighted by Crippen LogP contribution is -2.06. The van der Waals surface area contributed by atoms with E-state index in [0.717, 1.165) is 6.54 Å². The first-order chi connectivity index (χ1) is 4.88. The van der Waals surface area contributed by atoms with E-state index in [9.17, 15) is 0 Å². The van der Waals surface area contributed by atoms with Gasteiger partial charge in [0.1, 0.15) is 0 Å². The highest BCUT2D eigenvalue weighted by molar-refractivity contribution is 5.83. The minimum Gasteiger partial charge on any atom is -0.292 e. The van der Waals surface area contributed by atoms with Crippen LogP contribution in [0.25, 0.3) is 0 Å². The van der Waals surface area contributed by atoms with Crippen LogP contribution in [0.15, 0.2) is 28.3 Å². The maximum atomic E-state index is 4.26. The summed E-state index contributed by atoms with van der Waals surface area (Å²) in [4.78, 5) is 4.26. The monoisotopic (exact) mass is 133 g/mol. The first-order valence-electron chi connectivity index (χ1n) is 3.75. The molecule has 1 aliphatic carbocycles. The standard InChI is InChI=1S/C9H11N/c1-7-3-2-4-8-5-10-6-9(7)8/h2-3,6,8H,4-5H2,1H3. The van der Waals surface area contributed by atoms with Crippen molar-refractivity contribution in [2.75, 3.05) is 6.54 Å². The van der Waals surface area contributed by atoms with Gasteiger partial charge >= 0.3 is 0 Å². The molecule has 1 nitrogen and oxygen atoms in total. The fourth-order valence-electron chi connectivity index (χ4n) is 1.61. The lowest BCUT2D eigenvalue weighted by Gasteiger charge is -2.13. The number of rotatable bonds is 0. The number of aliphatic imine (C=N–C) groups is 1. The molecule has 1 unspecified atom stereocenters. The summed E-state index contributed by atoms with van der Waals surface area (Å²) in [5.74, 6) is 0.713. The molecule has 1 atom stereocenters. The number of allylic oxidation sites excluding steroid dienone is 3. The fourth-order valence-corrected chi connectivity index (χ4v) is 1.61. The number of hydrogen-bond acceptors (Lipinski definition) is 1. The maximum absolute atomic E-state index is 4.26. The molecule has 52 valence electrons. The highest BCUT2D eigenvalue weighted by atomic mass is 14.8. The average molecular weight is 133 g/mol. The van der Waals surface area contributed by atoms with Crippen molar-refractivity contribution in [2.45, 2.75) is 13.3 Å². The van der Waals surface area contributed by atoms with Crippen molar-refractivity contribution in [1.82, 2.24) is 0 Å². The van der Waals surface area contributed by atoms with Gasteiger partial charge in [0.05, 0.1) is 0 Å². The lowest BCUT2D eigenvalue weighted by atomic mass is 9.90. The van der Waals surface area contributed by atoms with Crippen LogP contribution in [-0.4, -0.2) is 12.8 Å². The van der Waals surface area contributed by atoms with Gasteiger partial charge in [-0.2, -0.15) is 0 Å². The number of hydrogen-bond donors (Lipinski definition) is 0. The Morgan fingerprint density at radius 1 is 1.60 bits per heavy atom. The number of fused-ring (bicyclic) bond motifs is 1. The largest absolute Gasteiger partial charge is 0.292 e. The van der Waals surface area contributed by atoms with Gasteiger partial charge < -0.3 is 0 Å². The molecule has 0 amide bonds. The Labute approximate surface area is 61.2 Å². The molecule has 0 aromatic rings. The predicted molar refractivity (Wildman–Crippen MR) is 43.3 cm³/mol. The zero-order chi connectivity index (χ0) is 6.97. The summed E-state index contributed by atoms with van der Waals surface area (Å²) in [5.41, 5.74) is 2.86. The molecule has 1 heterocycles. The molecule has 0 fully saturated rings. The van der Waals surface area contributed by atoms with Gasteiger partial charge in [-0.05, 0) is 24.5 Å². The summed E-state index contributed by atoms with van der Waals surface area (Å²) in [7, 11) is 0. The van der Waals surface area contributed by atoms with Crippen molar-refractivity contribution in [3.63, 3.8) is 0 Å². The summed E-state index contributed by atoms with van der Waals surface area (Å²) in [5, 5.41) is 0. The zero-order valence-electron chi connectivity index (χ0n) is 6.17. The SMILES string of the molecule is CC1=C2C=NCC2CC=C1. The van der Waals surface area contributed by atoms with E-state index in [2.05, 4.69) is 24.1 Å². The topological polar surface area (TPSA) is 12.4 Å². The number of nitrogens with zero attached hydrogens (tertiary/aromatic N) is 1. The summed E-state index contributed by atoms with van der Waals surface area (Å²) >= 11 is 0. The molecule has 0 saturated heterocycles. The normalized spacial score (nSPS) is 29.5. The van der Waals surface area contributed by atoms with Crippen molar-refractivity contribution in [3.05, 3.63) is 23.3 Å². The van der Waals surface area contributed by atoms with E-state index in [1.807, 2.05) is 6.21 Å². The first kappa shape index (κ1) is 5.90. The zero-order valence-corrected chi connectivity index (χ0v) is 6.17. The van der Waals surface area contributed by atoms with E-state index in [-0.39, 0.29) is 0 Å². The molecular weight excluding hydrogens is 122 g/mol. The van der Waals surface area contributed by atoms with Crippen LogP contribution in [0, 0.1) is 5.92 Å². The average Bonchev–Trinajstić information content (AvgIpc) is 2.36. The Morgan fingerprint density at radius 3 is 3.30 bits per heavy atom. The van der Waals surface area contributed by atoms with Crippen LogP contribution in [0.4, 0.5) is 0 Å². The third-order valence-corrected chi connectivity index (χ3v) is 2.24. The Hall–Kier alpha value is -0.850. The molecular formula is C9H11N. The molecule has 10 heavy (non-hydrogen) atoms. The molecule has 1 aliphatic heterocycles. The van der Waals surface area contributed by atoms with E-state index >= 15 is 0 Å². The van der Waals surface area contributed by atoms with E-state index < -0.39 is 0 Å². The molecule has 2 rings (SSSR count). The minimum absolute atomic E-state index is 0.713.